The van der Waals surface area contributed by atoms with Crippen molar-refractivity contribution >= 4 is 22.2 Å². The molecule has 4 aromatic rings. The Hall–Kier alpha value is -3.06. The second-order valence-corrected chi connectivity index (χ2v) is 6.87. The number of anilines is 1. The molecule has 0 spiro atoms. The summed E-state index contributed by atoms with van der Waals surface area (Å²) >= 11 is 0. The molecule has 0 saturated carbocycles. The largest absolute Gasteiger partial charge is 0.369 e. The van der Waals surface area contributed by atoms with Gasteiger partial charge in [-0.25, -0.2) is 19.3 Å². The zero-order chi connectivity index (χ0) is 18.2. The molecule has 27 heavy (non-hydrogen) atoms. The van der Waals surface area contributed by atoms with Crippen LogP contribution in [0.4, 0.5) is 10.1 Å². The lowest BCUT2D eigenvalue weighted by Crippen LogP contribution is -2.46. The molecule has 1 aromatic carbocycles. The van der Waals surface area contributed by atoms with Crippen molar-refractivity contribution in [3.05, 3.63) is 66.8 Å². The molecule has 7 heteroatoms. The van der Waals surface area contributed by atoms with Crippen LogP contribution in [-0.2, 0) is 6.54 Å². The van der Waals surface area contributed by atoms with E-state index in [1.807, 2.05) is 12.4 Å². The number of hydrogen-bond acceptors (Lipinski definition) is 5. The number of benzene rings is 1. The Bertz CT molecular complexity index is 1100. The molecule has 1 saturated heterocycles. The first-order valence-electron chi connectivity index (χ1n) is 9.05. The molecule has 6 nitrogen and oxygen atoms in total. The average molecular weight is 362 g/mol. The fraction of sp³-hybridized carbons (Fsp3) is 0.250. The van der Waals surface area contributed by atoms with Crippen molar-refractivity contribution in [1.82, 2.24) is 24.3 Å². The molecule has 4 heterocycles. The van der Waals surface area contributed by atoms with E-state index in [4.69, 9.17) is 0 Å². The van der Waals surface area contributed by atoms with Crippen LogP contribution in [0.25, 0.3) is 16.6 Å². The molecule has 0 N–H and O–H groups in total. The molecule has 5 rings (SSSR count). The molecule has 1 aliphatic rings. The highest BCUT2D eigenvalue weighted by Crippen LogP contribution is 2.22. The summed E-state index contributed by atoms with van der Waals surface area (Å²) < 4.78 is 15.1. The van der Waals surface area contributed by atoms with Crippen LogP contribution >= 0.6 is 0 Å². The van der Waals surface area contributed by atoms with E-state index in [-0.39, 0.29) is 5.82 Å². The molecule has 0 amide bonds. The lowest BCUT2D eigenvalue weighted by molar-refractivity contribution is 0.247. The molecule has 3 aromatic heterocycles. The summed E-state index contributed by atoms with van der Waals surface area (Å²) in [6.07, 6.45) is 6.81. The van der Waals surface area contributed by atoms with E-state index < -0.39 is 0 Å². The monoisotopic (exact) mass is 362 g/mol. The van der Waals surface area contributed by atoms with Crippen molar-refractivity contribution in [2.24, 2.45) is 0 Å². The maximum absolute atomic E-state index is 13.3. The minimum Gasteiger partial charge on any atom is -0.369 e. The van der Waals surface area contributed by atoms with Gasteiger partial charge in [0.25, 0.3) is 0 Å². The maximum Gasteiger partial charge on any atom is 0.139 e. The number of imidazole rings is 1. The van der Waals surface area contributed by atoms with E-state index >= 15 is 0 Å². The van der Waals surface area contributed by atoms with Crippen LogP contribution in [0.2, 0.25) is 0 Å². The Morgan fingerprint density at radius 2 is 1.89 bits per heavy atom. The summed E-state index contributed by atoms with van der Waals surface area (Å²) in [4.78, 5) is 17.8. The van der Waals surface area contributed by atoms with E-state index in [1.165, 1.54) is 18.0 Å². The zero-order valence-corrected chi connectivity index (χ0v) is 14.8. The molecule has 136 valence electrons. The van der Waals surface area contributed by atoms with Crippen LogP contribution in [0, 0.1) is 5.82 Å². The Labute approximate surface area is 155 Å². The van der Waals surface area contributed by atoms with Gasteiger partial charge in [0.1, 0.15) is 17.8 Å². The fourth-order valence-electron chi connectivity index (χ4n) is 3.66. The van der Waals surface area contributed by atoms with E-state index in [1.54, 1.807) is 16.8 Å². The van der Waals surface area contributed by atoms with Gasteiger partial charge >= 0.3 is 0 Å². The summed E-state index contributed by atoms with van der Waals surface area (Å²) in [6.45, 7) is 4.63. The summed E-state index contributed by atoms with van der Waals surface area (Å²) in [6, 6.07) is 9.48. The molecule has 0 aliphatic carbocycles. The van der Waals surface area contributed by atoms with Crippen LogP contribution in [0.3, 0.4) is 0 Å². The minimum atomic E-state index is -0.249. The van der Waals surface area contributed by atoms with Gasteiger partial charge in [0, 0.05) is 62.4 Å². The van der Waals surface area contributed by atoms with Crippen LogP contribution in [0.1, 0.15) is 5.69 Å². The van der Waals surface area contributed by atoms with Gasteiger partial charge in [-0.05, 0) is 30.3 Å². The SMILES string of the molecule is Fc1ccc2nc(CN3CCN(c4ccc5ncncc5c4)CC3)cn2c1. The predicted molar refractivity (Wildman–Crippen MR) is 102 cm³/mol. The average Bonchev–Trinajstić information content (AvgIpc) is 3.09. The molecule has 1 fully saturated rings. The summed E-state index contributed by atoms with van der Waals surface area (Å²) in [5.74, 6) is -0.249. The number of pyridine rings is 1. The normalized spacial score (nSPS) is 15.7. The van der Waals surface area contributed by atoms with Crippen molar-refractivity contribution in [2.45, 2.75) is 6.54 Å². The first-order valence-corrected chi connectivity index (χ1v) is 9.05. The predicted octanol–water partition coefficient (Wildman–Crippen LogP) is 2.74. The number of nitrogens with zero attached hydrogens (tertiary/aromatic N) is 6. The third-order valence-corrected chi connectivity index (χ3v) is 5.08. The lowest BCUT2D eigenvalue weighted by atomic mass is 10.2. The first kappa shape index (κ1) is 16.1. The van der Waals surface area contributed by atoms with Gasteiger partial charge in [0.2, 0.25) is 0 Å². The number of rotatable bonds is 3. The van der Waals surface area contributed by atoms with E-state index in [9.17, 15) is 4.39 Å². The first-order chi connectivity index (χ1) is 13.2. The van der Waals surface area contributed by atoms with Crippen LogP contribution in [0.15, 0.2) is 55.2 Å². The van der Waals surface area contributed by atoms with Crippen LogP contribution in [-0.4, -0.2) is 50.4 Å². The third kappa shape index (κ3) is 3.21. The Kier molecular flexibility index (Phi) is 3.94. The molecule has 0 atom stereocenters. The standard InChI is InChI=1S/C20H19FN6/c21-16-1-4-20-24-17(13-27(20)11-16)12-25-5-7-26(8-6-25)18-2-3-19-15(9-18)10-22-14-23-19/h1-4,9-11,13-14H,5-8,12H2. The van der Waals surface area contributed by atoms with Crippen molar-refractivity contribution in [2.75, 3.05) is 31.1 Å². The van der Waals surface area contributed by atoms with Gasteiger partial charge in [0.15, 0.2) is 0 Å². The minimum absolute atomic E-state index is 0.249. The molecular formula is C20H19FN6. The molecular weight excluding hydrogens is 343 g/mol. The Morgan fingerprint density at radius 1 is 1.00 bits per heavy atom. The zero-order valence-electron chi connectivity index (χ0n) is 14.8. The summed E-state index contributed by atoms with van der Waals surface area (Å²) in [5, 5.41) is 1.06. The van der Waals surface area contributed by atoms with Crippen molar-refractivity contribution < 1.29 is 4.39 Å². The van der Waals surface area contributed by atoms with Gasteiger partial charge in [-0.3, -0.25) is 4.90 Å². The Morgan fingerprint density at radius 3 is 2.78 bits per heavy atom. The van der Waals surface area contributed by atoms with E-state index in [2.05, 4.69) is 43.0 Å². The van der Waals surface area contributed by atoms with E-state index in [0.717, 1.165) is 55.0 Å². The van der Waals surface area contributed by atoms with Gasteiger partial charge in [-0.1, -0.05) is 0 Å². The lowest BCUT2D eigenvalue weighted by Gasteiger charge is -2.35. The van der Waals surface area contributed by atoms with Crippen LogP contribution in [0.5, 0.6) is 0 Å². The number of aromatic nitrogens is 4. The topological polar surface area (TPSA) is 49.6 Å². The number of hydrogen-bond donors (Lipinski definition) is 0. The van der Waals surface area contributed by atoms with Gasteiger partial charge in [-0.15, -0.1) is 0 Å². The van der Waals surface area contributed by atoms with E-state index in [0.29, 0.717) is 0 Å². The highest BCUT2D eigenvalue weighted by molar-refractivity contribution is 5.81. The summed E-state index contributed by atoms with van der Waals surface area (Å²) in [7, 11) is 0. The van der Waals surface area contributed by atoms with Crippen molar-refractivity contribution in [3.63, 3.8) is 0 Å². The second-order valence-electron chi connectivity index (χ2n) is 6.87. The molecule has 0 unspecified atom stereocenters. The third-order valence-electron chi connectivity index (χ3n) is 5.08. The van der Waals surface area contributed by atoms with Crippen LogP contribution < -0.4 is 4.90 Å². The second kappa shape index (κ2) is 6.59. The quantitative estimate of drug-likeness (QED) is 0.561. The summed E-state index contributed by atoms with van der Waals surface area (Å²) in [5.41, 5.74) is 3.93. The molecule has 0 radical (unpaired) electrons. The molecule has 1 aliphatic heterocycles. The smallest absolute Gasteiger partial charge is 0.139 e. The van der Waals surface area contributed by atoms with Gasteiger partial charge < -0.3 is 9.30 Å². The highest BCUT2D eigenvalue weighted by atomic mass is 19.1. The maximum atomic E-state index is 13.3. The number of halogens is 1. The Balaban J connectivity index is 1.26. The fourth-order valence-corrected chi connectivity index (χ4v) is 3.66. The van der Waals surface area contributed by atoms with Crippen molar-refractivity contribution in [1.29, 1.82) is 0 Å². The highest BCUT2D eigenvalue weighted by Gasteiger charge is 2.18. The van der Waals surface area contributed by atoms with Gasteiger partial charge in [-0.2, -0.15) is 0 Å². The number of piperazine rings is 1. The van der Waals surface area contributed by atoms with Gasteiger partial charge in [0.05, 0.1) is 11.2 Å². The number of fused-ring (bicyclic) bond motifs is 2. The molecule has 0 bridgehead atoms. The van der Waals surface area contributed by atoms with Crippen molar-refractivity contribution in [3.8, 4) is 0 Å².